The van der Waals surface area contributed by atoms with Crippen molar-refractivity contribution >= 4 is 11.8 Å². The van der Waals surface area contributed by atoms with Crippen LogP contribution in [0, 0.1) is 50.7 Å². The molecule has 0 amide bonds. The normalized spacial score (nSPS) is 54.6. The Labute approximate surface area is 210 Å². The molecule has 0 radical (unpaired) electrons. The fraction of sp³-hybridized carbons (Fsp3) is 0.800. The Morgan fingerprint density at radius 2 is 1.69 bits per heavy atom. The zero-order valence-corrected chi connectivity index (χ0v) is 22.5. The van der Waals surface area contributed by atoms with Gasteiger partial charge in [-0.1, -0.05) is 59.3 Å². The van der Waals surface area contributed by atoms with Gasteiger partial charge in [-0.2, -0.15) is 0 Å². The highest BCUT2D eigenvalue weighted by Crippen LogP contribution is 2.75. The van der Waals surface area contributed by atoms with Crippen LogP contribution >= 0.6 is 0 Å². The van der Waals surface area contributed by atoms with Crippen molar-refractivity contribution in [2.24, 2.45) is 50.7 Å². The highest BCUT2D eigenvalue weighted by Gasteiger charge is 2.73. The molecule has 5 rings (SSSR count). The molecule has 0 aromatic carbocycles. The van der Waals surface area contributed by atoms with E-state index < -0.39 is 39.8 Å². The van der Waals surface area contributed by atoms with Crippen LogP contribution in [0.25, 0.3) is 0 Å². The molecule has 0 aromatic rings. The van der Waals surface area contributed by atoms with Crippen molar-refractivity contribution in [3.05, 3.63) is 23.8 Å². The molecule has 0 bridgehead atoms. The summed E-state index contributed by atoms with van der Waals surface area (Å²) >= 11 is 0. The SMILES string of the molecule is CC1CCC2(C(=O)O)CC(O)C3(C)C(=CCC4C5(C)C=CC(=O)C(C)(C)C5CCC43C)C2C1(C)O. The van der Waals surface area contributed by atoms with Crippen LogP contribution in [0.4, 0.5) is 0 Å². The van der Waals surface area contributed by atoms with Crippen molar-refractivity contribution in [3.63, 3.8) is 0 Å². The molecular weight excluding hydrogens is 440 g/mol. The maximum atomic E-state index is 12.8. The van der Waals surface area contributed by atoms with E-state index >= 15 is 0 Å². The zero-order valence-electron chi connectivity index (χ0n) is 22.5. The highest BCUT2D eigenvalue weighted by molar-refractivity contribution is 5.95. The van der Waals surface area contributed by atoms with Crippen LogP contribution in [0.5, 0.6) is 0 Å². The summed E-state index contributed by atoms with van der Waals surface area (Å²) < 4.78 is 0. The van der Waals surface area contributed by atoms with E-state index in [1.807, 2.05) is 13.8 Å². The maximum absolute atomic E-state index is 12.8. The molecule has 0 aliphatic heterocycles. The Hall–Kier alpha value is -1.46. The van der Waals surface area contributed by atoms with Gasteiger partial charge >= 0.3 is 5.97 Å². The number of aliphatic carboxylic acids is 1. The second-order valence-electron chi connectivity index (χ2n) is 14.2. The molecule has 0 aromatic heterocycles. The van der Waals surface area contributed by atoms with Gasteiger partial charge in [-0.25, -0.2) is 0 Å². The third kappa shape index (κ3) is 2.72. The molecule has 3 saturated carbocycles. The van der Waals surface area contributed by atoms with E-state index in [9.17, 15) is 24.9 Å². The lowest BCUT2D eigenvalue weighted by molar-refractivity contribution is -0.223. The zero-order chi connectivity index (χ0) is 26.0. The lowest BCUT2D eigenvalue weighted by Crippen LogP contribution is -2.70. The van der Waals surface area contributed by atoms with Crippen molar-refractivity contribution in [1.82, 2.24) is 0 Å². The summed E-state index contributed by atoms with van der Waals surface area (Å²) in [7, 11) is 0. The van der Waals surface area contributed by atoms with E-state index in [4.69, 9.17) is 0 Å². The standard InChI is InChI=1S/C30H44O5/c1-17-10-15-30(24(33)34)16-22(32)28(6)18(23(30)29(17,7)35)8-9-20-26(4)13-12-21(31)25(2,3)19(26)11-14-27(20,28)5/h8,12-13,17,19-20,22-23,32,35H,9-11,14-16H2,1-7H3,(H,33,34). The number of rotatable bonds is 1. The van der Waals surface area contributed by atoms with Crippen molar-refractivity contribution in [1.29, 1.82) is 0 Å². The number of aliphatic hydroxyl groups excluding tert-OH is 1. The molecule has 0 spiro atoms. The summed E-state index contributed by atoms with van der Waals surface area (Å²) in [4.78, 5) is 25.7. The Morgan fingerprint density at radius 1 is 1.03 bits per heavy atom. The lowest BCUT2D eigenvalue weighted by atomic mass is 9.33. The minimum absolute atomic E-state index is 0.0211. The number of ketones is 1. The minimum atomic E-state index is -1.16. The van der Waals surface area contributed by atoms with Gasteiger partial charge in [0.25, 0.3) is 0 Å². The number of carboxylic acids is 1. The number of fused-ring (bicyclic) bond motifs is 7. The molecule has 5 aliphatic carbocycles. The fourth-order valence-electron chi connectivity index (χ4n) is 10.2. The number of hydrogen-bond acceptors (Lipinski definition) is 4. The van der Waals surface area contributed by atoms with Crippen molar-refractivity contribution in [3.8, 4) is 0 Å². The first-order valence-corrected chi connectivity index (χ1v) is 13.6. The second-order valence-corrected chi connectivity index (χ2v) is 14.2. The number of hydrogen-bond donors (Lipinski definition) is 3. The van der Waals surface area contributed by atoms with E-state index in [-0.39, 0.29) is 40.8 Å². The molecule has 0 saturated heterocycles. The Kier molecular flexibility index (Phi) is 5.11. The summed E-state index contributed by atoms with van der Waals surface area (Å²) in [5.74, 6) is -0.807. The van der Waals surface area contributed by atoms with Gasteiger partial charge < -0.3 is 15.3 Å². The maximum Gasteiger partial charge on any atom is 0.310 e. The van der Waals surface area contributed by atoms with Gasteiger partial charge in [0.05, 0.1) is 17.1 Å². The molecule has 5 nitrogen and oxygen atoms in total. The third-order valence-corrected chi connectivity index (χ3v) is 12.8. The van der Waals surface area contributed by atoms with Gasteiger partial charge in [-0.15, -0.1) is 0 Å². The first-order valence-electron chi connectivity index (χ1n) is 13.6. The highest BCUT2D eigenvalue weighted by atomic mass is 16.4. The van der Waals surface area contributed by atoms with E-state index in [0.717, 1.165) is 24.8 Å². The first-order chi connectivity index (χ1) is 16.0. The van der Waals surface area contributed by atoms with E-state index in [0.29, 0.717) is 12.8 Å². The number of carbonyl (C=O) groups excluding carboxylic acids is 1. The molecule has 194 valence electrons. The molecule has 3 fully saturated rings. The van der Waals surface area contributed by atoms with Crippen molar-refractivity contribution in [2.75, 3.05) is 0 Å². The van der Waals surface area contributed by atoms with Gasteiger partial charge in [0.15, 0.2) is 5.78 Å². The first kappa shape index (κ1) is 25.2. The molecule has 5 heteroatoms. The Morgan fingerprint density at radius 3 is 2.31 bits per heavy atom. The summed E-state index contributed by atoms with van der Waals surface area (Å²) in [5, 5.41) is 34.3. The van der Waals surface area contributed by atoms with Crippen LogP contribution in [-0.2, 0) is 9.59 Å². The van der Waals surface area contributed by atoms with Gasteiger partial charge in [0.1, 0.15) is 0 Å². The van der Waals surface area contributed by atoms with Gasteiger partial charge in [0.2, 0.25) is 0 Å². The summed E-state index contributed by atoms with van der Waals surface area (Å²) in [6, 6.07) is 0. The van der Waals surface area contributed by atoms with Crippen LogP contribution in [0.2, 0.25) is 0 Å². The molecule has 5 aliphatic rings. The number of carboxylic acid groups (broad SMARTS) is 1. The quantitative estimate of drug-likeness (QED) is 0.447. The van der Waals surface area contributed by atoms with Crippen LogP contribution in [0.1, 0.15) is 87.0 Å². The van der Waals surface area contributed by atoms with E-state index in [1.165, 1.54) is 0 Å². The number of carbonyl (C=O) groups is 2. The van der Waals surface area contributed by atoms with E-state index in [1.54, 1.807) is 6.08 Å². The van der Waals surface area contributed by atoms with Crippen LogP contribution in [-0.4, -0.2) is 38.8 Å². The smallest absolute Gasteiger partial charge is 0.310 e. The molecule has 35 heavy (non-hydrogen) atoms. The van der Waals surface area contributed by atoms with Crippen LogP contribution in [0.15, 0.2) is 23.8 Å². The summed E-state index contributed by atoms with van der Waals surface area (Å²) in [6.07, 6.45) is 9.15. The summed E-state index contributed by atoms with van der Waals surface area (Å²) in [5.41, 5.74) is -2.90. The van der Waals surface area contributed by atoms with E-state index in [2.05, 4.69) is 46.8 Å². The molecule has 0 heterocycles. The average molecular weight is 485 g/mol. The molecule has 10 atom stereocenters. The van der Waals surface area contributed by atoms with Crippen LogP contribution in [0.3, 0.4) is 0 Å². The number of allylic oxidation sites excluding steroid dienone is 3. The molecule has 10 unspecified atom stereocenters. The number of aliphatic hydroxyl groups is 2. The topological polar surface area (TPSA) is 94.8 Å². The predicted octanol–water partition coefficient (Wildman–Crippen LogP) is 5.16. The van der Waals surface area contributed by atoms with Gasteiger partial charge in [0, 0.05) is 16.7 Å². The molecule has 3 N–H and O–H groups in total. The third-order valence-electron chi connectivity index (χ3n) is 12.8. The lowest BCUT2D eigenvalue weighted by Gasteiger charge is -2.71. The van der Waals surface area contributed by atoms with Crippen LogP contribution < -0.4 is 0 Å². The van der Waals surface area contributed by atoms with Crippen molar-refractivity contribution < 1.29 is 24.9 Å². The average Bonchev–Trinajstić information content (AvgIpc) is 2.75. The fourth-order valence-corrected chi connectivity index (χ4v) is 10.2. The largest absolute Gasteiger partial charge is 0.481 e. The second kappa shape index (κ2) is 7.10. The van der Waals surface area contributed by atoms with Gasteiger partial charge in [-0.3, -0.25) is 9.59 Å². The monoisotopic (exact) mass is 484 g/mol. The Balaban J connectivity index is 1.71. The summed E-state index contributed by atoms with van der Waals surface area (Å²) in [6.45, 7) is 14.7. The minimum Gasteiger partial charge on any atom is -0.481 e. The molecular formula is C30H44O5. The van der Waals surface area contributed by atoms with Crippen molar-refractivity contribution in [2.45, 2.75) is 98.7 Å². The Bertz CT molecular complexity index is 1040. The van der Waals surface area contributed by atoms with Gasteiger partial charge in [-0.05, 0) is 80.1 Å². The predicted molar refractivity (Wildman–Crippen MR) is 134 cm³/mol.